The summed E-state index contributed by atoms with van der Waals surface area (Å²) >= 11 is 0. The van der Waals surface area contributed by atoms with Gasteiger partial charge in [0.1, 0.15) is 11.3 Å². The molecule has 2 heterocycles. The number of rotatable bonds is 7. The molecule has 28 heavy (non-hydrogen) atoms. The van der Waals surface area contributed by atoms with Crippen LogP contribution in [-0.4, -0.2) is 37.0 Å². The monoisotopic (exact) mass is 380 g/mol. The van der Waals surface area contributed by atoms with Crippen LogP contribution in [0, 0.1) is 0 Å². The standard InChI is InChI=1S/C22H32N6/c1-6-7-8-19-25-20-18(13-24-21(23)26-20)28(19)15-17-11-9-16(10-12-17)14-27(5)22(2,3)4/h9-13H,6-8,14-15H2,1-5H3,(H2,23,24,26). The van der Waals surface area contributed by atoms with Gasteiger partial charge in [-0.1, -0.05) is 37.6 Å². The third-order valence-corrected chi connectivity index (χ3v) is 5.29. The Kier molecular flexibility index (Phi) is 5.98. The van der Waals surface area contributed by atoms with Crippen LogP contribution < -0.4 is 5.73 Å². The van der Waals surface area contributed by atoms with E-state index in [-0.39, 0.29) is 11.5 Å². The fraction of sp³-hybridized carbons (Fsp3) is 0.500. The maximum Gasteiger partial charge on any atom is 0.222 e. The molecular weight excluding hydrogens is 348 g/mol. The first-order valence-electron chi connectivity index (χ1n) is 10.0. The summed E-state index contributed by atoms with van der Waals surface area (Å²) in [6.45, 7) is 10.6. The van der Waals surface area contributed by atoms with E-state index in [1.165, 1.54) is 11.1 Å². The van der Waals surface area contributed by atoms with Crippen molar-refractivity contribution in [1.29, 1.82) is 0 Å². The van der Waals surface area contributed by atoms with E-state index >= 15 is 0 Å². The topological polar surface area (TPSA) is 72.9 Å². The lowest BCUT2D eigenvalue weighted by atomic mass is 10.0. The van der Waals surface area contributed by atoms with Gasteiger partial charge in [0.15, 0.2) is 5.65 Å². The van der Waals surface area contributed by atoms with Crippen LogP contribution in [0.25, 0.3) is 11.2 Å². The van der Waals surface area contributed by atoms with Crippen LogP contribution >= 0.6 is 0 Å². The van der Waals surface area contributed by atoms with Crippen LogP contribution in [0.4, 0.5) is 5.95 Å². The summed E-state index contributed by atoms with van der Waals surface area (Å²) in [5, 5.41) is 0. The molecular formula is C22H32N6. The predicted octanol–water partition coefficient (Wildman–Crippen LogP) is 4.03. The van der Waals surface area contributed by atoms with Crippen molar-refractivity contribution < 1.29 is 0 Å². The highest BCUT2D eigenvalue weighted by Gasteiger charge is 2.17. The molecule has 1 aromatic carbocycles. The number of nitrogen functional groups attached to an aromatic ring is 1. The van der Waals surface area contributed by atoms with Gasteiger partial charge in [0.25, 0.3) is 0 Å². The number of benzene rings is 1. The summed E-state index contributed by atoms with van der Waals surface area (Å²) < 4.78 is 2.22. The smallest absolute Gasteiger partial charge is 0.222 e. The number of fused-ring (bicyclic) bond motifs is 1. The Labute approximate surface area is 167 Å². The molecule has 0 saturated carbocycles. The second kappa shape index (κ2) is 8.27. The minimum Gasteiger partial charge on any atom is -0.368 e. The Morgan fingerprint density at radius 1 is 1.07 bits per heavy atom. The van der Waals surface area contributed by atoms with Gasteiger partial charge in [-0.05, 0) is 45.4 Å². The van der Waals surface area contributed by atoms with Crippen LogP contribution in [0.15, 0.2) is 30.5 Å². The predicted molar refractivity (Wildman–Crippen MR) is 115 cm³/mol. The molecule has 0 unspecified atom stereocenters. The third-order valence-electron chi connectivity index (χ3n) is 5.29. The van der Waals surface area contributed by atoms with Gasteiger partial charge in [0, 0.05) is 25.0 Å². The van der Waals surface area contributed by atoms with Gasteiger partial charge in [-0.2, -0.15) is 4.98 Å². The minimum atomic E-state index is 0.157. The van der Waals surface area contributed by atoms with E-state index in [2.05, 4.69) is 78.4 Å². The summed E-state index contributed by atoms with van der Waals surface area (Å²) in [4.78, 5) is 15.6. The Hall–Kier alpha value is -2.47. The number of unbranched alkanes of at least 4 members (excludes halogenated alkanes) is 1. The molecule has 0 aliphatic rings. The SMILES string of the molecule is CCCCc1nc2nc(N)ncc2n1Cc1ccc(CN(C)C(C)(C)C)cc1. The van der Waals surface area contributed by atoms with Crippen LogP contribution in [-0.2, 0) is 19.5 Å². The zero-order valence-corrected chi connectivity index (χ0v) is 17.7. The fourth-order valence-electron chi connectivity index (χ4n) is 3.12. The largest absolute Gasteiger partial charge is 0.368 e. The van der Waals surface area contributed by atoms with Crippen molar-refractivity contribution in [3.63, 3.8) is 0 Å². The van der Waals surface area contributed by atoms with E-state index in [1.54, 1.807) is 6.20 Å². The second-order valence-electron chi connectivity index (χ2n) is 8.50. The van der Waals surface area contributed by atoms with Crippen molar-refractivity contribution in [2.45, 2.75) is 65.6 Å². The molecule has 3 rings (SSSR count). The molecule has 0 fully saturated rings. The van der Waals surface area contributed by atoms with Crippen LogP contribution in [0.3, 0.4) is 0 Å². The Morgan fingerprint density at radius 2 is 1.75 bits per heavy atom. The zero-order valence-electron chi connectivity index (χ0n) is 17.7. The van der Waals surface area contributed by atoms with E-state index in [9.17, 15) is 0 Å². The molecule has 2 N–H and O–H groups in total. The van der Waals surface area contributed by atoms with Crippen LogP contribution in [0.1, 0.15) is 57.5 Å². The van der Waals surface area contributed by atoms with E-state index in [0.717, 1.165) is 43.7 Å². The highest BCUT2D eigenvalue weighted by atomic mass is 15.2. The van der Waals surface area contributed by atoms with E-state index < -0.39 is 0 Å². The molecule has 0 amide bonds. The van der Waals surface area contributed by atoms with Gasteiger partial charge in [0.05, 0.1) is 6.20 Å². The average molecular weight is 381 g/mol. The van der Waals surface area contributed by atoms with Crippen molar-refractivity contribution in [2.75, 3.05) is 12.8 Å². The second-order valence-corrected chi connectivity index (χ2v) is 8.50. The molecule has 6 heteroatoms. The first-order chi connectivity index (χ1) is 13.3. The molecule has 0 bridgehead atoms. The lowest BCUT2D eigenvalue weighted by Gasteiger charge is -2.31. The molecule has 0 spiro atoms. The normalized spacial score (nSPS) is 12.2. The molecule has 6 nitrogen and oxygen atoms in total. The number of anilines is 1. The number of nitrogens with two attached hydrogens (primary N) is 1. The van der Waals surface area contributed by atoms with Crippen LogP contribution in [0.2, 0.25) is 0 Å². The van der Waals surface area contributed by atoms with Crippen molar-refractivity contribution in [3.8, 4) is 0 Å². The summed E-state index contributed by atoms with van der Waals surface area (Å²) in [5.41, 5.74) is 10.1. The van der Waals surface area contributed by atoms with E-state index in [1.807, 2.05) is 0 Å². The van der Waals surface area contributed by atoms with Crippen LogP contribution in [0.5, 0.6) is 0 Å². The summed E-state index contributed by atoms with van der Waals surface area (Å²) in [6.07, 6.45) is 4.95. The Balaban J connectivity index is 1.83. The number of hydrogen-bond acceptors (Lipinski definition) is 5. The zero-order chi connectivity index (χ0) is 20.3. The average Bonchev–Trinajstić information content (AvgIpc) is 2.97. The summed E-state index contributed by atoms with van der Waals surface area (Å²) in [5.74, 6) is 1.32. The van der Waals surface area contributed by atoms with Crippen molar-refractivity contribution in [2.24, 2.45) is 0 Å². The maximum atomic E-state index is 5.75. The summed E-state index contributed by atoms with van der Waals surface area (Å²) in [7, 11) is 2.16. The van der Waals surface area contributed by atoms with Gasteiger partial charge >= 0.3 is 0 Å². The number of nitrogens with zero attached hydrogens (tertiary/aromatic N) is 5. The van der Waals surface area contributed by atoms with Crippen molar-refractivity contribution >= 4 is 17.1 Å². The van der Waals surface area contributed by atoms with Gasteiger partial charge in [0.2, 0.25) is 5.95 Å². The van der Waals surface area contributed by atoms with Gasteiger partial charge < -0.3 is 10.3 Å². The Bertz CT molecular complexity index is 921. The number of aromatic nitrogens is 4. The lowest BCUT2D eigenvalue weighted by Crippen LogP contribution is -2.37. The van der Waals surface area contributed by atoms with Crippen molar-refractivity contribution in [1.82, 2.24) is 24.4 Å². The molecule has 150 valence electrons. The molecule has 0 aliphatic heterocycles. The van der Waals surface area contributed by atoms with Gasteiger partial charge in [-0.25, -0.2) is 9.97 Å². The van der Waals surface area contributed by atoms with Crippen molar-refractivity contribution in [3.05, 3.63) is 47.4 Å². The highest BCUT2D eigenvalue weighted by Crippen LogP contribution is 2.20. The molecule has 3 aromatic rings. The van der Waals surface area contributed by atoms with Gasteiger partial charge in [-0.3, -0.25) is 4.90 Å². The molecule has 0 atom stereocenters. The minimum absolute atomic E-state index is 0.157. The fourth-order valence-corrected chi connectivity index (χ4v) is 3.12. The number of aryl methyl sites for hydroxylation is 1. The quantitative estimate of drug-likeness (QED) is 0.670. The molecule has 0 aliphatic carbocycles. The molecule has 0 saturated heterocycles. The first-order valence-corrected chi connectivity index (χ1v) is 10.0. The van der Waals surface area contributed by atoms with E-state index in [4.69, 9.17) is 10.7 Å². The summed E-state index contributed by atoms with van der Waals surface area (Å²) in [6, 6.07) is 8.85. The molecule has 2 aromatic heterocycles. The maximum absolute atomic E-state index is 5.75. The highest BCUT2D eigenvalue weighted by molar-refractivity contribution is 5.71. The Morgan fingerprint density at radius 3 is 2.39 bits per heavy atom. The molecule has 0 radical (unpaired) electrons. The number of imidazole rings is 1. The lowest BCUT2D eigenvalue weighted by molar-refractivity contribution is 0.167. The third kappa shape index (κ3) is 4.68. The van der Waals surface area contributed by atoms with E-state index in [0.29, 0.717) is 5.65 Å². The number of hydrogen-bond donors (Lipinski definition) is 1. The first kappa shape index (κ1) is 20.3. The van der Waals surface area contributed by atoms with Gasteiger partial charge in [-0.15, -0.1) is 0 Å².